The zero-order chi connectivity index (χ0) is 13.4. The normalized spacial score (nSPS) is 18.1. The molecule has 1 aliphatic carbocycles. The third-order valence-electron chi connectivity index (χ3n) is 3.29. The minimum absolute atomic E-state index is 0.00815. The van der Waals surface area contributed by atoms with E-state index in [0.717, 1.165) is 12.8 Å². The molecule has 0 aromatic rings. The minimum Gasteiger partial charge on any atom is -0.355 e. The van der Waals surface area contributed by atoms with E-state index in [2.05, 4.69) is 16.0 Å². The average molecular weight is 255 g/mol. The maximum atomic E-state index is 11.9. The predicted octanol–water partition coefficient (Wildman–Crippen LogP) is 0.549. The number of nitrogens with one attached hydrogen (secondary N) is 3. The van der Waals surface area contributed by atoms with Crippen molar-refractivity contribution in [3.05, 3.63) is 0 Å². The van der Waals surface area contributed by atoms with Crippen LogP contribution in [0.15, 0.2) is 0 Å². The number of likely N-dealkylation sites (N-methyl/N-ethyl adjacent to an activating group) is 1. The highest BCUT2D eigenvalue weighted by Crippen LogP contribution is 2.17. The summed E-state index contributed by atoms with van der Waals surface area (Å²) in [5, 5.41) is 8.66. The van der Waals surface area contributed by atoms with Crippen LogP contribution in [0.4, 0.5) is 0 Å². The molecule has 0 saturated heterocycles. The Hall–Kier alpha value is -1.10. The third kappa shape index (κ3) is 5.49. The Balaban J connectivity index is 2.21. The molecule has 3 N–H and O–H groups in total. The van der Waals surface area contributed by atoms with Crippen LogP contribution in [-0.4, -0.2) is 37.0 Å². The maximum Gasteiger partial charge on any atom is 0.237 e. The molecule has 18 heavy (non-hydrogen) atoms. The van der Waals surface area contributed by atoms with Crippen molar-refractivity contribution in [3.8, 4) is 0 Å². The molecule has 1 saturated carbocycles. The van der Waals surface area contributed by atoms with Crippen LogP contribution in [0.3, 0.4) is 0 Å². The summed E-state index contributed by atoms with van der Waals surface area (Å²) in [6.07, 6.45) is 5.83. The van der Waals surface area contributed by atoms with Gasteiger partial charge in [-0.3, -0.25) is 14.9 Å². The number of amides is 2. The number of hydrogen-bond donors (Lipinski definition) is 3. The zero-order valence-electron chi connectivity index (χ0n) is 11.4. The molecule has 0 heterocycles. The first-order chi connectivity index (χ1) is 8.63. The smallest absolute Gasteiger partial charge is 0.237 e. The Morgan fingerprint density at radius 3 is 2.50 bits per heavy atom. The van der Waals surface area contributed by atoms with Crippen molar-refractivity contribution >= 4 is 11.8 Å². The van der Waals surface area contributed by atoms with Crippen LogP contribution in [0.2, 0.25) is 0 Å². The Bertz CT molecular complexity index is 275. The molecule has 104 valence electrons. The molecule has 1 rings (SSSR count). The van der Waals surface area contributed by atoms with Crippen LogP contribution in [0.1, 0.15) is 46.0 Å². The van der Waals surface area contributed by atoms with Crippen LogP contribution >= 0.6 is 0 Å². The summed E-state index contributed by atoms with van der Waals surface area (Å²) < 4.78 is 0. The van der Waals surface area contributed by atoms with E-state index in [9.17, 15) is 9.59 Å². The lowest BCUT2D eigenvalue weighted by Gasteiger charge is -2.24. The molecule has 1 fully saturated rings. The van der Waals surface area contributed by atoms with E-state index < -0.39 is 0 Å². The second-order valence-electron chi connectivity index (χ2n) is 4.90. The van der Waals surface area contributed by atoms with Crippen LogP contribution in [-0.2, 0) is 9.59 Å². The molecule has 0 aliphatic heterocycles. The monoisotopic (exact) mass is 255 g/mol. The fourth-order valence-electron chi connectivity index (χ4n) is 2.17. The van der Waals surface area contributed by atoms with Gasteiger partial charge in [0, 0.05) is 12.6 Å². The molecule has 1 unspecified atom stereocenters. The van der Waals surface area contributed by atoms with Crippen molar-refractivity contribution in [2.75, 3.05) is 13.1 Å². The fraction of sp³-hybridized carbons (Fsp3) is 0.846. The van der Waals surface area contributed by atoms with Gasteiger partial charge in [-0.2, -0.15) is 0 Å². The van der Waals surface area contributed by atoms with Gasteiger partial charge in [0.15, 0.2) is 0 Å². The summed E-state index contributed by atoms with van der Waals surface area (Å²) in [7, 11) is 0. The Morgan fingerprint density at radius 2 is 1.89 bits per heavy atom. The molecular weight excluding hydrogens is 230 g/mol. The molecule has 0 radical (unpaired) electrons. The van der Waals surface area contributed by atoms with Crippen LogP contribution in [0, 0.1) is 0 Å². The van der Waals surface area contributed by atoms with Gasteiger partial charge in [-0.25, -0.2) is 0 Å². The fourth-order valence-corrected chi connectivity index (χ4v) is 2.17. The molecule has 0 spiro atoms. The molecule has 1 atom stereocenters. The van der Waals surface area contributed by atoms with Crippen molar-refractivity contribution in [2.45, 2.75) is 58.0 Å². The minimum atomic E-state index is -0.325. The first-order valence-electron chi connectivity index (χ1n) is 6.94. The highest BCUT2D eigenvalue weighted by Gasteiger charge is 2.19. The van der Waals surface area contributed by atoms with E-state index in [4.69, 9.17) is 0 Å². The number of carbonyl (C=O) groups is 2. The molecule has 2 amide bonds. The standard InChI is InChI=1S/C13H25N3O2/c1-3-14-12(17)9-15-10(2)13(18)16-11-7-5-4-6-8-11/h10-11,15H,3-9H2,1-2H3,(H,14,17)(H,16,18). The summed E-state index contributed by atoms with van der Waals surface area (Å²) in [4.78, 5) is 23.1. The largest absolute Gasteiger partial charge is 0.355 e. The Morgan fingerprint density at radius 1 is 1.22 bits per heavy atom. The lowest BCUT2D eigenvalue weighted by Crippen LogP contribution is -2.49. The first-order valence-corrected chi connectivity index (χ1v) is 6.94. The number of carbonyl (C=O) groups excluding carboxylic acids is 2. The second-order valence-corrected chi connectivity index (χ2v) is 4.90. The van der Waals surface area contributed by atoms with Crippen LogP contribution in [0.25, 0.3) is 0 Å². The first kappa shape index (κ1) is 15.0. The molecule has 1 aliphatic rings. The van der Waals surface area contributed by atoms with Gasteiger partial charge in [0.25, 0.3) is 0 Å². The Labute approximate surface area is 109 Å². The molecular formula is C13H25N3O2. The molecule has 0 bridgehead atoms. The summed E-state index contributed by atoms with van der Waals surface area (Å²) in [5.41, 5.74) is 0. The van der Waals surface area contributed by atoms with Crippen molar-refractivity contribution in [2.24, 2.45) is 0 Å². The molecule has 0 aromatic carbocycles. The van der Waals surface area contributed by atoms with Gasteiger partial charge in [-0.05, 0) is 26.7 Å². The molecule has 0 aromatic heterocycles. The predicted molar refractivity (Wildman–Crippen MR) is 71.2 cm³/mol. The summed E-state index contributed by atoms with van der Waals surface area (Å²) in [6.45, 7) is 4.46. The molecule has 5 heteroatoms. The van der Waals surface area contributed by atoms with Crippen LogP contribution < -0.4 is 16.0 Å². The number of rotatable bonds is 6. The van der Waals surface area contributed by atoms with Gasteiger partial charge in [0.1, 0.15) is 0 Å². The summed E-state index contributed by atoms with van der Waals surface area (Å²) >= 11 is 0. The maximum absolute atomic E-state index is 11.9. The lowest BCUT2D eigenvalue weighted by atomic mass is 9.95. The van der Waals surface area contributed by atoms with Crippen molar-refractivity contribution in [1.29, 1.82) is 0 Å². The average Bonchev–Trinajstić information content (AvgIpc) is 2.37. The van der Waals surface area contributed by atoms with Gasteiger partial charge in [-0.1, -0.05) is 19.3 Å². The lowest BCUT2D eigenvalue weighted by molar-refractivity contribution is -0.124. The van der Waals surface area contributed by atoms with Crippen molar-refractivity contribution < 1.29 is 9.59 Å². The van der Waals surface area contributed by atoms with Crippen molar-refractivity contribution in [3.63, 3.8) is 0 Å². The topological polar surface area (TPSA) is 70.2 Å². The van der Waals surface area contributed by atoms with E-state index in [0.29, 0.717) is 12.6 Å². The van der Waals surface area contributed by atoms with E-state index in [-0.39, 0.29) is 24.4 Å². The van der Waals surface area contributed by atoms with Gasteiger partial charge in [0.2, 0.25) is 11.8 Å². The van der Waals surface area contributed by atoms with Gasteiger partial charge in [-0.15, -0.1) is 0 Å². The zero-order valence-corrected chi connectivity index (χ0v) is 11.4. The molecule has 5 nitrogen and oxygen atoms in total. The van der Waals surface area contributed by atoms with E-state index in [1.54, 1.807) is 6.92 Å². The van der Waals surface area contributed by atoms with Gasteiger partial charge in [0.05, 0.1) is 12.6 Å². The quantitative estimate of drug-likeness (QED) is 0.649. The highest BCUT2D eigenvalue weighted by molar-refractivity contribution is 5.83. The third-order valence-corrected chi connectivity index (χ3v) is 3.29. The SMILES string of the molecule is CCNC(=O)CNC(C)C(=O)NC1CCCCC1. The van der Waals surface area contributed by atoms with Crippen LogP contribution in [0.5, 0.6) is 0 Å². The summed E-state index contributed by atoms with van der Waals surface area (Å²) in [5.74, 6) is -0.0824. The van der Waals surface area contributed by atoms with Gasteiger partial charge >= 0.3 is 0 Å². The van der Waals surface area contributed by atoms with E-state index in [1.165, 1.54) is 19.3 Å². The van der Waals surface area contributed by atoms with E-state index in [1.807, 2.05) is 6.92 Å². The second kappa shape index (κ2) is 8.08. The summed E-state index contributed by atoms with van der Waals surface area (Å²) in [6, 6.07) is -0.00509. The Kier molecular flexibility index (Phi) is 6.72. The highest BCUT2D eigenvalue weighted by atomic mass is 16.2. The van der Waals surface area contributed by atoms with E-state index >= 15 is 0 Å². The number of hydrogen-bond acceptors (Lipinski definition) is 3. The van der Waals surface area contributed by atoms with Gasteiger partial charge < -0.3 is 10.6 Å². The van der Waals surface area contributed by atoms with Crippen molar-refractivity contribution in [1.82, 2.24) is 16.0 Å².